The summed E-state index contributed by atoms with van der Waals surface area (Å²) in [5.41, 5.74) is 0.551. The molecule has 1 saturated carbocycles. The lowest BCUT2D eigenvalue weighted by Gasteiger charge is -2.42. The number of halogens is 1. The van der Waals surface area contributed by atoms with Crippen molar-refractivity contribution < 1.29 is 14.2 Å². The van der Waals surface area contributed by atoms with Gasteiger partial charge in [-0.1, -0.05) is 0 Å². The van der Waals surface area contributed by atoms with Crippen LogP contribution in [-0.2, 0) is 6.54 Å². The van der Waals surface area contributed by atoms with E-state index in [0.29, 0.717) is 24.3 Å². The van der Waals surface area contributed by atoms with Crippen molar-refractivity contribution in [3.05, 3.63) is 48.0 Å². The first-order valence-electron chi connectivity index (χ1n) is 6.92. The Morgan fingerprint density at radius 1 is 1.52 bits per heavy atom. The summed E-state index contributed by atoms with van der Waals surface area (Å²) < 4.78 is 20.6. The second kappa shape index (κ2) is 5.83. The molecule has 3 rings (SSSR count). The number of hydrogen-bond acceptors (Lipinski definition) is 4. The normalized spacial score (nSPS) is 24.6. The van der Waals surface area contributed by atoms with E-state index in [2.05, 4.69) is 10.4 Å². The largest absolute Gasteiger partial charge is 0.497 e. The zero-order chi connectivity index (χ0) is 14.8. The van der Waals surface area contributed by atoms with Crippen LogP contribution in [0.15, 0.2) is 36.7 Å². The predicted molar refractivity (Wildman–Crippen MR) is 75.5 cm³/mol. The SMILES string of the molecule is COc1ccc(F)c(CN[C@H]2C[C@@H](O)[C@@H]2n2cccn2)c1. The number of benzene rings is 1. The lowest BCUT2D eigenvalue weighted by Crippen LogP contribution is -2.54. The number of nitrogens with one attached hydrogen (secondary N) is 1. The summed E-state index contributed by atoms with van der Waals surface area (Å²) in [6.07, 6.45) is 3.73. The van der Waals surface area contributed by atoms with Crippen LogP contribution in [0.25, 0.3) is 0 Å². The third kappa shape index (κ3) is 2.77. The molecule has 1 fully saturated rings. The van der Waals surface area contributed by atoms with Gasteiger partial charge in [0, 0.05) is 30.5 Å². The summed E-state index contributed by atoms with van der Waals surface area (Å²) >= 11 is 0. The van der Waals surface area contributed by atoms with Crippen molar-refractivity contribution in [2.75, 3.05) is 7.11 Å². The third-order valence-electron chi connectivity index (χ3n) is 3.94. The van der Waals surface area contributed by atoms with Gasteiger partial charge in [-0.2, -0.15) is 5.10 Å². The van der Waals surface area contributed by atoms with Gasteiger partial charge in [-0.3, -0.25) is 4.68 Å². The summed E-state index contributed by atoms with van der Waals surface area (Å²) in [7, 11) is 1.56. The number of ether oxygens (including phenoxy) is 1. The van der Waals surface area contributed by atoms with E-state index >= 15 is 0 Å². The Balaban J connectivity index is 1.65. The predicted octanol–water partition coefficient (Wildman–Crippen LogP) is 1.49. The fourth-order valence-corrected chi connectivity index (χ4v) is 2.69. The zero-order valence-corrected chi connectivity index (χ0v) is 11.7. The minimum absolute atomic E-state index is 0.0745. The lowest BCUT2D eigenvalue weighted by molar-refractivity contribution is -0.00829. The number of nitrogens with zero attached hydrogens (tertiary/aromatic N) is 2. The molecule has 1 aromatic heterocycles. The molecular formula is C15H18FN3O2. The maximum absolute atomic E-state index is 13.8. The quantitative estimate of drug-likeness (QED) is 0.876. The minimum atomic E-state index is -0.419. The first kappa shape index (κ1) is 14.0. The van der Waals surface area contributed by atoms with Crippen molar-refractivity contribution in [2.45, 2.75) is 31.2 Å². The molecule has 0 radical (unpaired) electrons. The first-order chi connectivity index (χ1) is 10.2. The van der Waals surface area contributed by atoms with Crippen molar-refractivity contribution >= 4 is 0 Å². The lowest BCUT2D eigenvalue weighted by atomic mass is 9.83. The van der Waals surface area contributed by atoms with Crippen molar-refractivity contribution in [1.82, 2.24) is 15.1 Å². The van der Waals surface area contributed by atoms with Crippen LogP contribution >= 0.6 is 0 Å². The highest BCUT2D eigenvalue weighted by molar-refractivity contribution is 5.29. The molecule has 0 saturated heterocycles. The molecule has 1 heterocycles. The van der Waals surface area contributed by atoms with Gasteiger partial charge in [0.2, 0.25) is 0 Å². The van der Waals surface area contributed by atoms with Gasteiger partial charge in [0.25, 0.3) is 0 Å². The average molecular weight is 291 g/mol. The first-order valence-corrected chi connectivity index (χ1v) is 6.92. The number of aliphatic hydroxyl groups excluding tert-OH is 1. The van der Waals surface area contributed by atoms with Gasteiger partial charge < -0.3 is 15.2 Å². The van der Waals surface area contributed by atoms with E-state index in [1.165, 1.54) is 6.07 Å². The number of hydrogen-bond donors (Lipinski definition) is 2. The van der Waals surface area contributed by atoms with Crippen LogP contribution in [0.3, 0.4) is 0 Å². The van der Waals surface area contributed by atoms with Crippen LogP contribution in [0.2, 0.25) is 0 Å². The van der Waals surface area contributed by atoms with Gasteiger partial charge in [-0.25, -0.2) is 4.39 Å². The molecule has 112 valence electrons. The number of aliphatic hydroxyl groups is 1. The second-order valence-electron chi connectivity index (χ2n) is 5.22. The van der Waals surface area contributed by atoms with Crippen molar-refractivity contribution in [2.24, 2.45) is 0 Å². The Kier molecular flexibility index (Phi) is 3.90. The summed E-state index contributed by atoms with van der Waals surface area (Å²) in [5, 5.41) is 17.3. The smallest absolute Gasteiger partial charge is 0.127 e. The van der Waals surface area contributed by atoms with Gasteiger partial charge in [0.1, 0.15) is 11.6 Å². The van der Waals surface area contributed by atoms with Crippen molar-refractivity contribution in [3.8, 4) is 5.75 Å². The molecule has 5 nitrogen and oxygen atoms in total. The molecule has 2 aromatic rings. The summed E-state index contributed by atoms with van der Waals surface area (Å²) in [5.74, 6) is 0.365. The molecule has 1 aromatic carbocycles. The molecule has 0 spiro atoms. The Labute approximate surface area is 122 Å². The van der Waals surface area contributed by atoms with Crippen LogP contribution in [0.4, 0.5) is 4.39 Å². The Morgan fingerprint density at radius 2 is 2.38 bits per heavy atom. The Hall–Kier alpha value is -1.92. The van der Waals surface area contributed by atoms with E-state index in [1.54, 1.807) is 30.1 Å². The highest BCUT2D eigenvalue weighted by Crippen LogP contribution is 2.32. The van der Waals surface area contributed by atoms with Crippen LogP contribution < -0.4 is 10.1 Å². The molecule has 2 N–H and O–H groups in total. The van der Waals surface area contributed by atoms with E-state index in [0.717, 1.165) is 0 Å². The molecule has 0 amide bonds. The topological polar surface area (TPSA) is 59.3 Å². The molecule has 0 unspecified atom stereocenters. The molecule has 0 bridgehead atoms. The average Bonchev–Trinajstić information content (AvgIpc) is 2.98. The molecule has 1 aliphatic carbocycles. The van der Waals surface area contributed by atoms with Gasteiger partial charge in [0.05, 0.1) is 19.3 Å². The van der Waals surface area contributed by atoms with Gasteiger partial charge in [-0.05, 0) is 30.7 Å². The van der Waals surface area contributed by atoms with Crippen LogP contribution in [0, 0.1) is 5.82 Å². The molecule has 3 atom stereocenters. The Morgan fingerprint density at radius 3 is 3.05 bits per heavy atom. The van der Waals surface area contributed by atoms with Gasteiger partial charge >= 0.3 is 0 Å². The standard InChI is InChI=1S/C15H18FN3O2/c1-21-11-3-4-12(16)10(7-11)9-17-13-8-14(20)15(13)19-6-2-5-18-19/h2-7,13-15,17,20H,8-9H2,1H3/t13-,14+,15+/m0/s1. The fourth-order valence-electron chi connectivity index (χ4n) is 2.69. The van der Waals surface area contributed by atoms with Crippen LogP contribution in [-0.4, -0.2) is 34.1 Å². The summed E-state index contributed by atoms with van der Waals surface area (Å²) in [6, 6.07) is 6.47. The third-order valence-corrected chi connectivity index (χ3v) is 3.94. The molecule has 1 aliphatic rings. The van der Waals surface area contributed by atoms with E-state index < -0.39 is 6.10 Å². The monoisotopic (exact) mass is 291 g/mol. The maximum Gasteiger partial charge on any atom is 0.127 e. The zero-order valence-electron chi connectivity index (χ0n) is 11.7. The van der Waals surface area contributed by atoms with E-state index in [9.17, 15) is 9.50 Å². The number of rotatable bonds is 5. The maximum atomic E-state index is 13.8. The van der Waals surface area contributed by atoms with Crippen LogP contribution in [0.5, 0.6) is 5.75 Å². The minimum Gasteiger partial charge on any atom is -0.497 e. The number of aromatic nitrogens is 2. The molecule has 6 heteroatoms. The molecule has 0 aliphatic heterocycles. The van der Waals surface area contributed by atoms with Crippen LogP contribution in [0.1, 0.15) is 18.0 Å². The van der Waals surface area contributed by atoms with E-state index in [1.807, 2.05) is 12.3 Å². The van der Waals surface area contributed by atoms with E-state index in [-0.39, 0.29) is 17.9 Å². The molecule has 21 heavy (non-hydrogen) atoms. The fraction of sp³-hybridized carbons (Fsp3) is 0.400. The molecular weight excluding hydrogens is 273 g/mol. The second-order valence-corrected chi connectivity index (χ2v) is 5.22. The van der Waals surface area contributed by atoms with Crippen molar-refractivity contribution in [1.29, 1.82) is 0 Å². The van der Waals surface area contributed by atoms with Gasteiger partial charge in [0.15, 0.2) is 0 Å². The van der Waals surface area contributed by atoms with E-state index in [4.69, 9.17) is 4.74 Å². The van der Waals surface area contributed by atoms with Gasteiger partial charge in [-0.15, -0.1) is 0 Å². The number of methoxy groups -OCH3 is 1. The van der Waals surface area contributed by atoms with Crippen molar-refractivity contribution in [3.63, 3.8) is 0 Å². The highest BCUT2D eigenvalue weighted by Gasteiger charge is 2.41. The summed E-state index contributed by atoms with van der Waals surface area (Å²) in [6.45, 7) is 0.387. The summed E-state index contributed by atoms with van der Waals surface area (Å²) in [4.78, 5) is 0. The Bertz CT molecular complexity index is 603. The highest BCUT2D eigenvalue weighted by atomic mass is 19.1.